The molecule has 0 saturated carbocycles. The topological polar surface area (TPSA) is 96.0 Å². The predicted molar refractivity (Wildman–Crippen MR) is 93.0 cm³/mol. The number of benzene rings is 1. The van der Waals surface area contributed by atoms with Crippen LogP contribution in [0.4, 0.5) is 15.6 Å². The van der Waals surface area contributed by atoms with Crippen LogP contribution in [-0.4, -0.2) is 34.4 Å². The van der Waals surface area contributed by atoms with Crippen LogP contribution < -0.4 is 16.0 Å². The lowest BCUT2D eigenvalue weighted by molar-refractivity contribution is -0.117. The first-order valence-electron chi connectivity index (χ1n) is 7.03. The molecular formula is C14H17N5O2S2. The minimum atomic E-state index is -0.552. The number of nitrogens with zero attached hydrogens (tertiary/aromatic N) is 2. The Balaban J connectivity index is 1.72. The minimum absolute atomic E-state index is 0.102. The lowest BCUT2D eigenvalue weighted by Crippen LogP contribution is -2.35. The van der Waals surface area contributed by atoms with Gasteiger partial charge >= 0.3 is 6.03 Å². The molecule has 0 bridgehead atoms. The largest absolute Gasteiger partial charge is 0.360 e. The quantitative estimate of drug-likeness (QED) is 0.664. The Hall–Kier alpha value is -2.13. The van der Waals surface area contributed by atoms with E-state index in [0.717, 1.165) is 18.1 Å². The molecular weight excluding hydrogens is 334 g/mol. The number of imide groups is 1. The van der Waals surface area contributed by atoms with Crippen molar-refractivity contribution >= 4 is 45.9 Å². The van der Waals surface area contributed by atoms with Crippen LogP contribution in [-0.2, 0) is 4.79 Å². The second-order valence-corrected chi connectivity index (χ2v) is 6.66. The number of carbonyl (C=O) groups is 2. The molecule has 3 amide bonds. The van der Waals surface area contributed by atoms with E-state index in [1.54, 1.807) is 24.3 Å². The van der Waals surface area contributed by atoms with Crippen LogP contribution in [0.25, 0.3) is 0 Å². The fourth-order valence-electron chi connectivity index (χ4n) is 1.55. The maximum absolute atomic E-state index is 11.7. The zero-order valence-electron chi connectivity index (χ0n) is 12.5. The van der Waals surface area contributed by atoms with Gasteiger partial charge in [0.1, 0.15) is 0 Å². The van der Waals surface area contributed by atoms with Crippen molar-refractivity contribution in [2.45, 2.75) is 17.7 Å². The Morgan fingerprint density at radius 3 is 2.74 bits per heavy atom. The summed E-state index contributed by atoms with van der Waals surface area (Å²) < 4.78 is 0.683. The van der Waals surface area contributed by atoms with Crippen LogP contribution in [0, 0.1) is 0 Å². The number of para-hydroxylation sites is 1. The molecule has 2 rings (SSSR count). The second kappa shape index (κ2) is 9.11. The molecule has 1 heterocycles. The van der Waals surface area contributed by atoms with Crippen LogP contribution in [0.2, 0.25) is 0 Å². The summed E-state index contributed by atoms with van der Waals surface area (Å²) in [5.41, 5.74) is 0.626. The molecule has 0 aliphatic heterocycles. The van der Waals surface area contributed by atoms with Crippen molar-refractivity contribution in [1.29, 1.82) is 0 Å². The Morgan fingerprint density at radius 1 is 1.22 bits per heavy atom. The molecule has 0 fully saturated rings. The summed E-state index contributed by atoms with van der Waals surface area (Å²) in [7, 11) is 0. The van der Waals surface area contributed by atoms with Gasteiger partial charge in [-0.15, -0.1) is 10.2 Å². The number of nitrogens with one attached hydrogen (secondary N) is 3. The first-order valence-corrected chi connectivity index (χ1v) is 8.83. The van der Waals surface area contributed by atoms with Crippen molar-refractivity contribution < 1.29 is 9.59 Å². The van der Waals surface area contributed by atoms with E-state index in [1.165, 1.54) is 23.1 Å². The van der Waals surface area contributed by atoms with Crippen molar-refractivity contribution in [1.82, 2.24) is 15.5 Å². The molecule has 0 spiro atoms. The summed E-state index contributed by atoms with van der Waals surface area (Å²) in [5.74, 6) is -0.286. The molecule has 23 heavy (non-hydrogen) atoms. The third kappa shape index (κ3) is 6.25. The third-order valence-electron chi connectivity index (χ3n) is 2.54. The summed E-state index contributed by atoms with van der Waals surface area (Å²) in [4.78, 5) is 23.4. The molecule has 3 N–H and O–H groups in total. The van der Waals surface area contributed by atoms with Gasteiger partial charge in [0.05, 0.1) is 5.75 Å². The van der Waals surface area contributed by atoms with Crippen LogP contribution >= 0.6 is 23.1 Å². The number of aromatic nitrogens is 2. The Morgan fingerprint density at radius 2 is 2.00 bits per heavy atom. The highest BCUT2D eigenvalue weighted by molar-refractivity contribution is 8.01. The molecule has 0 radical (unpaired) electrons. The highest BCUT2D eigenvalue weighted by Crippen LogP contribution is 2.25. The van der Waals surface area contributed by atoms with Crippen molar-refractivity contribution in [3.05, 3.63) is 30.3 Å². The van der Waals surface area contributed by atoms with Crippen LogP contribution in [0.15, 0.2) is 34.7 Å². The second-order valence-electron chi connectivity index (χ2n) is 4.46. The Bertz CT molecular complexity index is 648. The van der Waals surface area contributed by atoms with Gasteiger partial charge in [0.2, 0.25) is 11.0 Å². The van der Waals surface area contributed by atoms with Crippen molar-refractivity contribution in [3.63, 3.8) is 0 Å². The first kappa shape index (κ1) is 17.2. The predicted octanol–water partition coefficient (Wildman–Crippen LogP) is 2.80. The summed E-state index contributed by atoms with van der Waals surface area (Å²) in [6, 6.07) is 8.37. The van der Waals surface area contributed by atoms with Gasteiger partial charge in [-0.2, -0.15) is 0 Å². The molecule has 0 atom stereocenters. The van der Waals surface area contributed by atoms with E-state index >= 15 is 0 Å². The smallest absolute Gasteiger partial charge is 0.325 e. The van der Waals surface area contributed by atoms with Gasteiger partial charge in [-0.25, -0.2) is 4.79 Å². The van der Waals surface area contributed by atoms with E-state index in [4.69, 9.17) is 0 Å². The number of rotatable bonds is 7. The van der Waals surface area contributed by atoms with E-state index in [9.17, 15) is 9.59 Å². The van der Waals surface area contributed by atoms with Crippen LogP contribution in [0.3, 0.4) is 0 Å². The molecule has 1 aromatic heterocycles. The van der Waals surface area contributed by atoms with Gasteiger partial charge < -0.3 is 10.6 Å². The maximum atomic E-state index is 11.7. The van der Waals surface area contributed by atoms with Crippen LogP contribution in [0.1, 0.15) is 13.3 Å². The number of thioether (sulfide) groups is 1. The number of hydrogen-bond donors (Lipinski definition) is 3. The maximum Gasteiger partial charge on any atom is 0.325 e. The monoisotopic (exact) mass is 351 g/mol. The standard InChI is InChI=1S/C14H17N5O2S2/c1-2-8-15-13-18-19-14(23-13)22-9-11(20)17-12(21)16-10-6-4-3-5-7-10/h3-7H,2,8-9H2,1H3,(H,15,18)(H2,16,17,20,21). The SMILES string of the molecule is CCCNc1nnc(SCC(=O)NC(=O)Nc2ccccc2)s1. The number of anilines is 2. The number of amides is 3. The van der Waals surface area contributed by atoms with E-state index in [0.29, 0.717) is 10.0 Å². The van der Waals surface area contributed by atoms with E-state index in [-0.39, 0.29) is 11.7 Å². The highest BCUT2D eigenvalue weighted by atomic mass is 32.2. The van der Waals surface area contributed by atoms with Gasteiger partial charge in [0.25, 0.3) is 0 Å². The van der Waals surface area contributed by atoms with Crippen molar-refractivity contribution in [2.75, 3.05) is 22.9 Å². The fraction of sp³-hybridized carbons (Fsp3) is 0.286. The fourth-order valence-corrected chi connectivity index (χ4v) is 3.12. The molecule has 122 valence electrons. The Kier molecular flexibility index (Phi) is 6.82. The lowest BCUT2D eigenvalue weighted by Gasteiger charge is -2.05. The number of urea groups is 1. The van der Waals surface area contributed by atoms with E-state index in [2.05, 4.69) is 33.1 Å². The average Bonchev–Trinajstić information content (AvgIpc) is 2.99. The van der Waals surface area contributed by atoms with Crippen molar-refractivity contribution in [3.8, 4) is 0 Å². The number of carbonyl (C=O) groups excluding carboxylic acids is 2. The van der Waals surface area contributed by atoms with Gasteiger partial charge in [-0.3, -0.25) is 10.1 Å². The zero-order chi connectivity index (χ0) is 16.5. The van der Waals surface area contributed by atoms with Gasteiger partial charge in [-0.05, 0) is 18.6 Å². The molecule has 0 aliphatic rings. The zero-order valence-corrected chi connectivity index (χ0v) is 14.2. The minimum Gasteiger partial charge on any atom is -0.360 e. The van der Waals surface area contributed by atoms with E-state index < -0.39 is 6.03 Å². The third-order valence-corrected chi connectivity index (χ3v) is 4.56. The lowest BCUT2D eigenvalue weighted by atomic mass is 10.3. The summed E-state index contributed by atoms with van der Waals surface area (Å²) in [6.45, 7) is 2.90. The average molecular weight is 351 g/mol. The van der Waals surface area contributed by atoms with Gasteiger partial charge in [0, 0.05) is 12.2 Å². The van der Waals surface area contributed by atoms with Crippen molar-refractivity contribution in [2.24, 2.45) is 0 Å². The summed E-state index contributed by atoms with van der Waals surface area (Å²) >= 11 is 2.63. The summed E-state index contributed by atoms with van der Waals surface area (Å²) in [6.07, 6.45) is 1.00. The Labute approximate surface area is 142 Å². The highest BCUT2D eigenvalue weighted by Gasteiger charge is 2.11. The number of hydrogen-bond acceptors (Lipinski definition) is 7. The molecule has 0 unspecified atom stereocenters. The van der Waals surface area contributed by atoms with Gasteiger partial charge in [-0.1, -0.05) is 48.2 Å². The molecule has 7 nitrogen and oxygen atoms in total. The molecule has 2 aromatic rings. The first-order chi connectivity index (χ1) is 11.2. The van der Waals surface area contributed by atoms with Crippen LogP contribution in [0.5, 0.6) is 0 Å². The normalized spacial score (nSPS) is 10.1. The molecule has 9 heteroatoms. The molecule has 0 aliphatic carbocycles. The van der Waals surface area contributed by atoms with Gasteiger partial charge in [0.15, 0.2) is 4.34 Å². The molecule has 1 aromatic carbocycles. The van der Waals surface area contributed by atoms with E-state index in [1.807, 2.05) is 6.07 Å². The summed E-state index contributed by atoms with van der Waals surface area (Å²) in [5, 5.41) is 16.7. The molecule has 0 saturated heterocycles.